The van der Waals surface area contributed by atoms with E-state index in [1.807, 2.05) is 12.1 Å². The predicted molar refractivity (Wildman–Crippen MR) is 84.5 cm³/mol. The van der Waals surface area contributed by atoms with Gasteiger partial charge >= 0.3 is 0 Å². The molecule has 0 saturated carbocycles. The summed E-state index contributed by atoms with van der Waals surface area (Å²) in [4.78, 5) is 2.45. The molecule has 20 heavy (non-hydrogen) atoms. The van der Waals surface area contributed by atoms with Crippen LogP contribution >= 0.6 is 11.6 Å². The normalized spacial score (nSPS) is 17.2. The molecule has 1 aliphatic heterocycles. The summed E-state index contributed by atoms with van der Waals surface area (Å²) >= 11 is 6.38. The standard InChI is InChI=1S/C16H25ClN2O/c1-13(2)12-20-15-5-4-14(16(17)10-15)11-19-8-3-6-18-7-9-19/h4-5,10,13,18H,3,6-9,11-12H2,1-2H3. The van der Waals surface area contributed by atoms with Gasteiger partial charge in [-0.3, -0.25) is 4.90 Å². The van der Waals surface area contributed by atoms with Gasteiger partial charge < -0.3 is 10.1 Å². The number of hydrogen-bond acceptors (Lipinski definition) is 3. The van der Waals surface area contributed by atoms with Crippen molar-refractivity contribution in [3.63, 3.8) is 0 Å². The van der Waals surface area contributed by atoms with Crippen LogP contribution in [-0.4, -0.2) is 37.7 Å². The number of halogens is 1. The second-order valence-corrected chi connectivity index (χ2v) is 6.24. The van der Waals surface area contributed by atoms with Crippen molar-refractivity contribution in [2.24, 2.45) is 5.92 Å². The highest BCUT2D eigenvalue weighted by atomic mass is 35.5. The Kier molecular flexibility index (Phi) is 6.14. The molecule has 1 aromatic rings. The van der Waals surface area contributed by atoms with Gasteiger partial charge in [0.05, 0.1) is 6.61 Å². The van der Waals surface area contributed by atoms with Crippen LogP contribution in [0.15, 0.2) is 18.2 Å². The predicted octanol–water partition coefficient (Wildman–Crippen LogP) is 3.17. The van der Waals surface area contributed by atoms with Crippen LogP contribution in [0.2, 0.25) is 5.02 Å². The minimum atomic E-state index is 0.526. The van der Waals surface area contributed by atoms with Gasteiger partial charge in [-0.1, -0.05) is 31.5 Å². The van der Waals surface area contributed by atoms with E-state index in [1.54, 1.807) is 0 Å². The fourth-order valence-corrected chi connectivity index (χ4v) is 2.54. The molecule has 0 amide bonds. The largest absolute Gasteiger partial charge is 0.493 e. The monoisotopic (exact) mass is 296 g/mol. The van der Waals surface area contributed by atoms with E-state index >= 15 is 0 Å². The molecular weight excluding hydrogens is 272 g/mol. The Bertz CT molecular complexity index is 415. The Morgan fingerprint density at radius 1 is 1.30 bits per heavy atom. The number of ether oxygens (including phenoxy) is 1. The molecule has 4 heteroatoms. The number of benzene rings is 1. The Labute approximate surface area is 127 Å². The van der Waals surface area contributed by atoms with E-state index < -0.39 is 0 Å². The molecule has 0 atom stereocenters. The first-order valence-corrected chi connectivity index (χ1v) is 7.87. The molecule has 1 N–H and O–H groups in total. The molecule has 1 aliphatic rings. The van der Waals surface area contributed by atoms with Gasteiger partial charge in [0.25, 0.3) is 0 Å². The average molecular weight is 297 g/mol. The van der Waals surface area contributed by atoms with Gasteiger partial charge in [-0.15, -0.1) is 0 Å². The van der Waals surface area contributed by atoms with Gasteiger partial charge in [0.15, 0.2) is 0 Å². The molecule has 3 nitrogen and oxygen atoms in total. The summed E-state index contributed by atoms with van der Waals surface area (Å²) < 4.78 is 5.71. The van der Waals surface area contributed by atoms with Crippen molar-refractivity contribution in [1.82, 2.24) is 10.2 Å². The first-order valence-electron chi connectivity index (χ1n) is 7.49. The summed E-state index contributed by atoms with van der Waals surface area (Å²) in [5.41, 5.74) is 1.19. The van der Waals surface area contributed by atoms with E-state index in [-0.39, 0.29) is 0 Å². The quantitative estimate of drug-likeness (QED) is 0.903. The molecule has 1 heterocycles. The zero-order valence-electron chi connectivity index (χ0n) is 12.5. The Morgan fingerprint density at radius 2 is 2.15 bits per heavy atom. The molecule has 0 aliphatic carbocycles. The van der Waals surface area contributed by atoms with Crippen LogP contribution < -0.4 is 10.1 Å². The second-order valence-electron chi connectivity index (χ2n) is 5.84. The molecule has 2 rings (SSSR count). The summed E-state index contributed by atoms with van der Waals surface area (Å²) in [6.45, 7) is 10.3. The smallest absolute Gasteiger partial charge is 0.120 e. The van der Waals surface area contributed by atoms with E-state index in [4.69, 9.17) is 16.3 Å². The van der Waals surface area contributed by atoms with Crippen molar-refractivity contribution in [2.75, 3.05) is 32.8 Å². The average Bonchev–Trinajstić information content (AvgIpc) is 2.68. The maximum absolute atomic E-state index is 6.38. The van der Waals surface area contributed by atoms with Gasteiger partial charge in [0.1, 0.15) is 5.75 Å². The zero-order chi connectivity index (χ0) is 14.4. The fraction of sp³-hybridized carbons (Fsp3) is 0.625. The number of rotatable bonds is 5. The molecule has 1 saturated heterocycles. The molecular formula is C16H25ClN2O. The molecule has 0 spiro atoms. The van der Waals surface area contributed by atoms with Crippen molar-refractivity contribution in [3.8, 4) is 5.75 Å². The van der Waals surface area contributed by atoms with Gasteiger partial charge in [-0.05, 0) is 43.1 Å². The van der Waals surface area contributed by atoms with Crippen LogP contribution in [0.25, 0.3) is 0 Å². The highest BCUT2D eigenvalue weighted by molar-refractivity contribution is 6.31. The fourth-order valence-electron chi connectivity index (χ4n) is 2.31. The lowest BCUT2D eigenvalue weighted by molar-refractivity contribution is 0.270. The molecule has 0 radical (unpaired) electrons. The lowest BCUT2D eigenvalue weighted by atomic mass is 10.2. The minimum absolute atomic E-state index is 0.526. The van der Waals surface area contributed by atoms with E-state index in [0.29, 0.717) is 5.92 Å². The van der Waals surface area contributed by atoms with Crippen molar-refractivity contribution < 1.29 is 4.74 Å². The minimum Gasteiger partial charge on any atom is -0.493 e. The molecule has 0 bridgehead atoms. The Balaban J connectivity index is 1.94. The Morgan fingerprint density at radius 3 is 2.90 bits per heavy atom. The summed E-state index contributed by atoms with van der Waals surface area (Å²) in [5.74, 6) is 1.39. The van der Waals surface area contributed by atoms with E-state index in [9.17, 15) is 0 Å². The van der Waals surface area contributed by atoms with E-state index in [2.05, 4.69) is 30.1 Å². The third-order valence-electron chi connectivity index (χ3n) is 3.43. The number of nitrogens with one attached hydrogen (secondary N) is 1. The van der Waals surface area contributed by atoms with Gasteiger partial charge in [0.2, 0.25) is 0 Å². The number of nitrogens with zero attached hydrogens (tertiary/aromatic N) is 1. The van der Waals surface area contributed by atoms with Crippen molar-refractivity contribution >= 4 is 11.6 Å². The third kappa shape index (κ3) is 4.97. The van der Waals surface area contributed by atoms with Crippen LogP contribution in [0.5, 0.6) is 5.75 Å². The van der Waals surface area contributed by atoms with E-state index in [1.165, 1.54) is 12.0 Å². The Hall–Kier alpha value is -0.770. The first kappa shape index (κ1) is 15.6. The molecule has 0 aromatic heterocycles. The lowest BCUT2D eigenvalue weighted by Gasteiger charge is -2.20. The highest BCUT2D eigenvalue weighted by Crippen LogP contribution is 2.24. The van der Waals surface area contributed by atoms with Crippen LogP contribution in [-0.2, 0) is 6.54 Å². The van der Waals surface area contributed by atoms with Crippen molar-refractivity contribution in [1.29, 1.82) is 0 Å². The van der Waals surface area contributed by atoms with Crippen LogP contribution in [0.4, 0.5) is 0 Å². The third-order valence-corrected chi connectivity index (χ3v) is 3.79. The summed E-state index contributed by atoms with van der Waals surface area (Å²) in [5, 5.41) is 4.23. The summed E-state index contributed by atoms with van der Waals surface area (Å²) in [6, 6.07) is 6.06. The maximum atomic E-state index is 6.38. The van der Waals surface area contributed by atoms with Crippen LogP contribution in [0.1, 0.15) is 25.8 Å². The molecule has 112 valence electrons. The highest BCUT2D eigenvalue weighted by Gasteiger charge is 2.11. The summed E-state index contributed by atoms with van der Waals surface area (Å²) in [7, 11) is 0. The van der Waals surface area contributed by atoms with Gasteiger partial charge in [0, 0.05) is 24.7 Å². The molecule has 1 aromatic carbocycles. The van der Waals surface area contributed by atoms with Gasteiger partial charge in [-0.25, -0.2) is 0 Å². The zero-order valence-corrected chi connectivity index (χ0v) is 13.2. The van der Waals surface area contributed by atoms with Crippen LogP contribution in [0.3, 0.4) is 0 Å². The molecule has 0 unspecified atom stereocenters. The second kappa shape index (κ2) is 7.87. The van der Waals surface area contributed by atoms with Crippen molar-refractivity contribution in [3.05, 3.63) is 28.8 Å². The number of hydrogen-bond donors (Lipinski definition) is 1. The van der Waals surface area contributed by atoms with Gasteiger partial charge in [-0.2, -0.15) is 0 Å². The lowest BCUT2D eigenvalue weighted by Crippen LogP contribution is -2.27. The van der Waals surface area contributed by atoms with E-state index in [0.717, 1.165) is 50.1 Å². The van der Waals surface area contributed by atoms with Crippen molar-refractivity contribution in [2.45, 2.75) is 26.8 Å². The first-order chi connectivity index (χ1) is 9.65. The summed E-state index contributed by atoms with van der Waals surface area (Å²) in [6.07, 6.45) is 1.20. The topological polar surface area (TPSA) is 24.5 Å². The maximum Gasteiger partial charge on any atom is 0.120 e. The van der Waals surface area contributed by atoms with Crippen LogP contribution in [0, 0.1) is 5.92 Å². The SMILES string of the molecule is CC(C)COc1ccc(CN2CCCNCC2)c(Cl)c1. The molecule has 1 fully saturated rings.